The van der Waals surface area contributed by atoms with E-state index in [0.717, 1.165) is 0 Å². The van der Waals surface area contributed by atoms with Gasteiger partial charge in [0, 0.05) is 0 Å². The molecule has 1 heterocycles. The van der Waals surface area contributed by atoms with Gasteiger partial charge in [-0.3, -0.25) is 0 Å². The van der Waals surface area contributed by atoms with Gasteiger partial charge in [-0.25, -0.2) is 0 Å². The molecule has 1 rings (SSSR count). The van der Waals surface area contributed by atoms with E-state index >= 15 is 0 Å². The predicted molar refractivity (Wildman–Crippen MR) is 26.1 cm³/mol. The van der Waals surface area contributed by atoms with Crippen molar-refractivity contribution in [3.8, 4) is 0 Å². The van der Waals surface area contributed by atoms with Crippen LogP contribution >= 0.6 is 0 Å². The Bertz CT molecular complexity index is 187. The summed E-state index contributed by atoms with van der Waals surface area (Å²) in [6.45, 7) is 1.69. The van der Waals surface area contributed by atoms with Gasteiger partial charge in [-0.1, -0.05) is 0 Å². The number of alkyl halides is 4. The molecule has 0 radical (unpaired) electrons. The molecule has 1 fully saturated rings. The SMILES string of the molecule is C=C1OCC(F)(C(F)(F)F)O1. The Morgan fingerprint density at radius 1 is 1.45 bits per heavy atom. The van der Waals surface area contributed by atoms with Gasteiger partial charge >= 0.3 is 12.0 Å². The molecular weight excluding hydrogens is 168 g/mol. The van der Waals surface area contributed by atoms with Crippen LogP contribution in [0, 0.1) is 0 Å². The maximum absolute atomic E-state index is 12.5. The van der Waals surface area contributed by atoms with Crippen LogP contribution in [0.3, 0.4) is 0 Å². The van der Waals surface area contributed by atoms with E-state index in [1.165, 1.54) is 0 Å². The molecule has 0 N–H and O–H groups in total. The van der Waals surface area contributed by atoms with Crippen LogP contribution in [-0.2, 0) is 9.47 Å². The molecule has 1 atom stereocenters. The molecule has 11 heavy (non-hydrogen) atoms. The zero-order valence-electron chi connectivity index (χ0n) is 5.24. The molecule has 0 aromatic rings. The molecule has 0 amide bonds. The van der Waals surface area contributed by atoms with Crippen LogP contribution in [0.25, 0.3) is 0 Å². The van der Waals surface area contributed by atoms with Crippen LogP contribution in [0.2, 0.25) is 0 Å². The van der Waals surface area contributed by atoms with Crippen LogP contribution in [0.15, 0.2) is 12.5 Å². The monoisotopic (exact) mass is 172 g/mol. The quantitative estimate of drug-likeness (QED) is 0.518. The number of ether oxygens (including phenoxy) is 2. The van der Waals surface area contributed by atoms with Gasteiger partial charge < -0.3 is 9.47 Å². The molecule has 0 aromatic heterocycles. The van der Waals surface area contributed by atoms with Gasteiger partial charge in [0.05, 0.1) is 0 Å². The van der Waals surface area contributed by atoms with Crippen molar-refractivity contribution in [2.75, 3.05) is 6.61 Å². The van der Waals surface area contributed by atoms with Crippen LogP contribution in [0.1, 0.15) is 0 Å². The third-order valence-corrected chi connectivity index (χ3v) is 1.12. The summed E-state index contributed by atoms with van der Waals surface area (Å²) in [6, 6.07) is 0. The maximum Gasteiger partial charge on any atom is 0.464 e. The Morgan fingerprint density at radius 3 is 2.18 bits per heavy atom. The lowest BCUT2D eigenvalue weighted by atomic mass is 10.3. The predicted octanol–water partition coefficient (Wildman–Crippen LogP) is 1.73. The van der Waals surface area contributed by atoms with E-state index in [2.05, 4.69) is 16.1 Å². The van der Waals surface area contributed by atoms with Crippen molar-refractivity contribution < 1.29 is 27.0 Å². The highest BCUT2D eigenvalue weighted by molar-refractivity contribution is 4.89. The molecule has 2 nitrogen and oxygen atoms in total. The third-order valence-electron chi connectivity index (χ3n) is 1.12. The lowest BCUT2D eigenvalue weighted by Gasteiger charge is -2.18. The summed E-state index contributed by atoms with van der Waals surface area (Å²) in [5.74, 6) is -4.37. The number of hydrogen-bond acceptors (Lipinski definition) is 2. The first kappa shape index (κ1) is 8.16. The van der Waals surface area contributed by atoms with Crippen LogP contribution in [0.5, 0.6) is 0 Å². The van der Waals surface area contributed by atoms with Gasteiger partial charge in [-0.05, 0) is 6.58 Å². The van der Waals surface area contributed by atoms with Crippen molar-refractivity contribution in [2.45, 2.75) is 12.0 Å². The van der Waals surface area contributed by atoms with Crippen molar-refractivity contribution in [1.29, 1.82) is 0 Å². The lowest BCUT2D eigenvalue weighted by Crippen LogP contribution is -2.42. The standard InChI is InChI=1S/C5H4F4O2/c1-3-10-2-4(6,11-3)5(7,8)9/h1-2H2. The minimum atomic E-state index is -5.08. The fourth-order valence-electron chi connectivity index (χ4n) is 0.552. The van der Waals surface area contributed by atoms with Gasteiger partial charge in [-0.2, -0.15) is 17.6 Å². The first-order chi connectivity index (χ1) is 4.85. The summed E-state index contributed by atoms with van der Waals surface area (Å²) < 4.78 is 55.4. The molecule has 0 spiro atoms. The minimum Gasteiger partial charge on any atom is -0.458 e. The van der Waals surface area contributed by atoms with Crippen LogP contribution < -0.4 is 0 Å². The first-order valence-corrected chi connectivity index (χ1v) is 2.61. The summed E-state index contributed by atoms with van der Waals surface area (Å²) in [5, 5.41) is 0. The molecule has 1 unspecified atom stereocenters. The number of rotatable bonds is 0. The fourth-order valence-corrected chi connectivity index (χ4v) is 0.552. The summed E-state index contributed by atoms with van der Waals surface area (Å²) in [7, 11) is 0. The second-order valence-electron chi connectivity index (χ2n) is 1.99. The van der Waals surface area contributed by atoms with Gasteiger partial charge in [-0.15, -0.1) is 0 Å². The molecule has 1 aliphatic heterocycles. The Balaban J connectivity index is 2.77. The highest BCUT2D eigenvalue weighted by Crippen LogP contribution is 2.40. The Kier molecular flexibility index (Phi) is 1.50. The van der Waals surface area contributed by atoms with Gasteiger partial charge in [0.2, 0.25) is 0 Å². The third kappa shape index (κ3) is 1.24. The molecule has 1 aliphatic rings. The lowest BCUT2D eigenvalue weighted by molar-refractivity contribution is -0.303. The molecule has 64 valence electrons. The highest BCUT2D eigenvalue weighted by atomic mass is 19.4. The molecule has 6 heteroatoms. The molecule has 0 saturated carbocycles. The zero-order chi connectivity index (χ0) is 8.70. The second-order valence-corrected chi connectivity index (χ2v) is 1.99. The molecule has 1 saturated heterocycles. The van der Waals surface area contributed by atoms with Gasteiger partial charge in [0.15, 0.2) is 6.61 Å². The summed E-state index contributed by atoms with van der Waals surface area (Å²) in [6.07, 6.45) is -5.08. The van der Waals surface area contributed by atoms with Crippen LogP contribution in [0.4, 0.5) is 17.6 Å². The van der Waals surface area contributed by atoms with Crippen molar-refractivity contribution in [2.24, 2.45) is 0 Å². The van der Waals surface area contributed by atoms with Crippen molar-refractivity contribution >= 4 is 0 Å². The van der Waals surface area contributed by atoms with Gasteiger partial charge in [0.25, 0.3) is 5.95 Å². The van der Waals surface area contributed by atoms with E-state index in [-0.39, 0.29) is 0 Å². The topological polar surface area (TPSA) is 18.5 Å². The van der Waals surface area contributed by atoms with Crippen LogP contribution in [-0.4, -0.2) is 18.6 Å². The maximum atomic E-state index is 12.5. The van der Waals surface area contributed by atoms with E-state index in [1.54, 1.807) is 0 Å². The highest BCUT2D eigenvalue weighted by Gasteiger charge is 2.63. The second kappa shape index (κ2) is 2.02. The van der Waals surface area contributed by atoms with E-state index in [4.69, 9.17) is 0 Å². The summed E-state index contributed by atoms with van der Waals surface area (Å²) >= 11 is 0. The fraction of sp³-hybridized carbons (Fsp3) is 0.600. The van der Waals surface area contributed by atoms with Gasteiger partial charge in [0.1, 0.15) is 0 Å². The van der Waals surface area contributed by atoms with E-state index in [1.807, 2.05) is 0 Å². The zero-order valence-corrected chi connectivity index (χ0v) is 5.24. The molecular formula is C5H4F4O2. The first-order valence-electron chi connectivity index (χ1n) is 2.61. The van der Waals surface area contributed by atoms with Crippen molar-refractivity contribution in [3.63, 3.8) is 0 Å². The average Bonchev–Trinajstić information content (AvgIpc) is 2.10. The van der Waals surface area contributed by atoms with E-state index in [0.29, 0.717) is 0 Å². The molecule has 0 bridgehead atoms. The number of hydrogen-bond donors (Lipinski definition) is 0. The summed E-state index contributed by atoms with van der Waals surface area (Å²) in [4.78, 5) is 0. The van der Waals surface area contributed by atoms with E-state index in [9.17, 15) is 17.6 Å². The Labute approximate surface area is 59.4 Å². The number of halogens is 4. The normalized spacial score (nSPS) is 31.5. The Hall–Kier alpha value is -0.940. The average molecular weight is 172 g/mol. The molecule has 0 aromatic carbocycles. The Morgan fingerprint density at radius 2 is 2.00 bits per heavy atom. The largest absolute Gasteiger partial charge is 0.464 e. The minimum absolute atomic E-state index is 0.648. The van der Waals surface area contributed by atoms with E-state index < -0.39 is 24.6 Å². The summed E-state index contributed by atoms with van der Waals surface area (Å²) in [5.41, 5.74) is 0. The smallest absolute Gasteiger partial charge is 0.458 e. The van der Waals surface area contributed by atoms with Crippen molar-refractivity contribution in [1.82, 2.24) is 0 Å². The molecule has 0 aliphatic carbocycles. The van der Waals surface area contributed by atoms with Crippen molar-refractivity contribution in [3.05, 3.63) is 12.5 Å².